The van der Waals surface area contributed by atoms with Crippen molar-refractivity contribution in [1.82, 2.24) is 0 Å². The third kappa shape index (κ3) is 3.02. The fourth-order valence-electron chi connectivity index (χ4n) is 0.576. The van der Waals surface area contributed by atoms with E-state index in [1.807, 2.05) is 0 Å². The van der Waals surface area contributed by atoms with Gasteiger partial charge in [-0.2, -0.15) is 43.5 Å². The molecule has 0 saturated heterocycles. The Morgan fingerprint density at radius 3 is 1.82 bits per heavy atom. The second-order valence-corrected chi connectivity index (χ2v) is 1.79. The van der Waals surface area contributed by atoms with Crippen molar-refractivity contribution in [3.05, 3.63) is 35.9 Å². The summed E-state index contributed by atoms with van der Waals surface area (Å²) >= 11 is 0. The summed E-state index contributed by atoms with van der Waals surface area (Å²) in [5.74, 6) is 0. The van der Waals surface area contributed by atoms with E-state index in [-0.39, 0.29) is 19.5 Å². The molecule has 0 fully saturated rings. The molecule has 0 N–H and O–H groups in total. The summed E-state index contributed by atoms with van der Waals surface area (Å²) < 4.78 is 35.3. The Labute approximate surface area is 75.2 Å². The number of alkyl halides is 3. The number of halogens is 3. The first-order valence-electron chi connectivity index (χ1n) is 2.64. The fraction of sp³-hybridized carbons (Fsp3) is 0.143. The van der Waals surface area contributed by atoms with Gasteiger partial charge in [-0.25, -0.2) is 0 Å². The summed E-state index contributed by atoms with van der Waals surface area (Å²) in [5, 5.41) is 0. The van der Waals surface area contributed by atoms with Crippen LogP contribution in [0.1, 0.15) is 5.56 Å². The molecule has 0 aromatic heterocycles. The Bertz CT molecular complexity index is 205. The molecule has 0 spiro atoms. The Balaban J connectivity index is 0.000001000. The van der Waals surface area contributed by atoms with Gasteiger partial charge in [-0.15, -0.1) is 0 Å². The Hall–Kier alpha value is -0.367. The van der Waals surface area contributed by atoms with Crippen molar-refractivity contribution in [2.24, 2.45) is 0 Å². The first-order valence-corrected chi connectivity index (χ1v) is 2.64. The molecule has 0 heterocycles. The van der Waals surface area contributed by atoms with E-state index in [4.69, 9.17) is 0 Å². The van der Waals surface area contributed by atoms with Crippen LogP contribution in [0.4, 0.5) is 13.2 Å². The molecule has 1 aromatic rings. The van der Waals surface area contributed by atoms with Crippen LogP contribution in [0.15, 0.2) is 24.3 Å². The van der Waals surface area contributed by atoms with Crippen molar-refractivity contribution < 1.29 is 32.6 Å². The molecule has 0 bridgehead atoms. The van der Waals surface area contributed by atoms with Gasteiger partial charge in [-0.1, -0.05) is 5.56 Å². The summed E-state index contributed by atoms with van der Waals surface area (Å²) in [6.07, 6.45) is -4.23. The van der Waals surface area contributed by atoms with E-state index in [2.05, 4.69) is 6.07 Å². The number of rotatable bonds is 0. The molecule has 0 amide bonds. The molecular weight excluding hydrogens is 206 g/mol. The minimum Gasteiger partial charge on any atom is -0.184 e. The standard InChI is InChI=1S/C7H4F3.Zn/c8-7(9,10)6-4-2-1-3-5-6;/h2-5H;/q-1;. The monoisotopic (exact) mass is 209 g/mol. The van der Waals surface area contributed by atoms with Crippen LogP contribution in [0.5, 0.6) is 0 Å². The molecule has 0 aliphatic carbocycles. The molecule has 11 heavy (non-hydrogen) atoms. The van der Waals surface area contributed by atoms with Gasteiger partial charge in [0.05, 0.1) is 0 Å². The number of hydrogen-bond acceptors (Lipinski definition) is 0. The van der Waals surface area contributed by atoms with E-state index >= 15 is 0 Å². The predicted octanol–water partition coefficient (Wildman–Crippen LogP) is 2.50. The first kappa shape index (κ1) is 10.6. The second kappa shape index (κ2) is 3.86. The third-order valence-corrected chi connectivity index (χ3v) is 1.05. The Kier molecular flexibility index (Phi) is 3.73. The average molecular weight is 210 g/mol. The quantitative estimate of drug-likeness (QED) is 0.456. The summed E-state index contributed by atoms with van der Waals surface area (Å²) in [6, 6.07) is 6.95. The molecule has 0 unspecified atom stereocenters. The summed E-state index contributed by atoms with van der Waals surface area (Å²) in [5.41, 5.74) is -0.633. The molecule has 1 rings (SSSR count). The zero-order chi connectivity index (χ0) is 7.61. The number of benzene rings is 1. The molecule has 0 radical (unpaired) electrons. The second-order valence-electron chi connectivity index (χ2n) is 1.79. The van der Waals surface area contributed by atoms with Crippen molar-refractivity contribution in [1.29, 1.82) is 0 Å². The van der Waals surface area contributed by atoms with Crippen LogP contribution in [0.25, 0.3) is 0 Å². The summed E-state index contributed by atoms with van der Waals surface area (Å²) in [6.45, 7) is 0. The van der Waals surface area contributed by atoms with Crippen molar-refractivity contribution in [3.8, 4) is 0 Å². The number of hydrogen-bond donors (Lipinski definition) is 0. The van der Waals surface area contributed by atoms with Crippen molar-refractivity contribution in [2.45, 2.75) is 6.18 Å². The zero-order valence-corrected chi connectivity index (χ0v) is 8.62. The first-order chi connectivity index (χ1) is 4.61. The molecular formula is C7H4F3Zn-. The molecule has 1 aromatic carbocycles. The van der Waals surface area contributed by atoms with Crippen LogP contribution >= 0.6 is 0 Å². The van der Waals surface area contributed by atoms with Crippen LogP contribution in [-0.4, -0.2) is 0 Å². The summed E-state index contributed by atoms with van der Waals surface area (Å²) in [4.78, 5) is 0. The fourth-order valence-corrected chi connectivity index (χ4v) is 0.576. The zero-order valence-electron chi connectivity index (χ0n) is 5.65. The molecule has 0 saturated carbocycles. The van der Waals surface area contributed by atoms with Crippen molar-refractivity contribution in [3.63, 3.8) is 0 Å². The van der Waals surface area contributed by atoms with Gasteiger partial charge in [0, 0.05) is 19.5 Å². The SMILES string of the molecule is FC(F)(F)c1cc[c-]cc1.[Zn]. The maximum atomic E-state index is 11.8. The van der Waals surface area contributed by atoms with E-state index in [1.165, 1.54) is 12.1 Å². The van der Waals surface area contributed by atoms with Gasteiger partial charge in [0.1, 0.15) is 0 Å². The smallest absolute Gasteiger partial charge is 0.184 e. The minimum atomic E-state index is -4.23. The summed E-state index contributed by atoms with van der Waals surface area (Å²) in [7, 11) is 0. The van der Waals surface area contributed by atoms with Crippen molar-refractivity contribution >= 4 is 0 Å². The van der Waals surface area contributed by atoms with Crippen LogP contribution < -0.4 is 0 Å². The molecule has 4 heteroatoms. The maximum Gasteiger partial charge on any atom is 0.394 e. The van der Waals surface area contributed by atoms with E-state index in [0.29, 0.717) is 0 Å². The molecule has 0 aliphatic rings. The van der Waals surface area contributed by atoms with Gasteiger partial charge in [0.15, 0.2) is 0 Å². The molecule has 0 atom stereocenters. The van der Waals surface area contributed by atoms with E-state index in [9.17, 15) is 13.2 Å². The largest absolute Gasteiger partial charge is 0.394 e. The predicted molar refractivity (Wildman–Crippen MR) is 30.3 cm³/mol. The average Bonchev–Trinajstić information content (AvgIpc) is 1.88. The van der Waals surface area contributed by atoms with Gasteiger partial charge >= 0.3 is 6.18 Å². The van der Waals surface area contributed by atoms with Gasteiger partial charge in [-0.05, 0) is 0 Å². The topological polar surface area (TPSA) is 0 Å². The van der Waals surface area contributed by atoms with Gasteiger partial charge in [0.25, 0.3) is 0 Å². The normalized spacial score (nSPS) is 10.5. The van der Waals surface area contributed by atoms with Gasteiger partial charge in [0.2, 0.25) is 0 Å². The molecule has 56 valence electrons. The molecule has 0 nitrogen and oxygen atoms in total. The van der Waals surface area contributed by atoms with Crippen molar-refractivity contribution in [2.75, 3.05) is 0 Å². The van der Waals surface area contributed by atoms with E-state index in [0.717, 1.165) is 12.1 Å². The van der Waals surface area contributed by atoms with E-state index < -0.39 is 11.7 Å². The van der Waals surface area contributed by atoms with E-state index in [1.54, 1.807) is 0 Å². The Morgan fingerprint density at radius 1 is 1.09 bits per heavy atom. The third-order valence-electron chi connectivity index (χ3n) is 1.05. The van der Waals surface area contributed by atoms with Crippen LogP contribution in [0.2, 0.25) is 0 Å². The van der Waals surface area contributed by atoms with Gasteiger partial charge in [-0.3, -0.25) is 0 Å². The molecule has 0 aliphatic heterocycles. The van der Waals surface area contributed by atoms with Crippen LogP contribution in [0.3, 0.4) is 0 Å². The maximum absolute atomic E-state index is 11.8. The van der Waals surface area contributed by atoms with Crippen LogP contribution in [0, 0.1) is 6.07 Å². The van der Waals surface area contributed by atoms with Crippen LogP contribution in [-0.2, 0) is 25.7 Å². The minimum absolute atomic E-state index is 0. The van der Waals surface area contributed by atoms with Gasteiger partial charge < -0.3 is 0 Å². The Morgan fingerprint density at radius 2 is 1.55 bits per heavy atom.